The van der Waals surface area contributed by atoms with Gasteiger partial charge < -0.3 is 14.8 Å². The second-order valence-corrected chi connectivity index (χ2v) is 13.2. The second-order valence-electron chi connectivity index (χ2n) is 11.2. The lowest BCUT2D eigenvalue weighted by Crippen LogP contribution is -2.39. The standard InChI is InChI=1S/C34H36N6O4S/c1-23-18-26(6-5-14-35)19-24(2)32(23)44-33-30(27-11-15-36-31(20-27)43-3)21-37-34(39-33)38-28-12-16-40(17-13-28)22-25-7-9-29(10-8-25)45(4,41)42/h5-11,15,18-21,28H,12-13,16-17,22H2,1-4H3,(H,37,38,39)/b6-5+. The summed E-state index contributed by atoms with van der Waals surface area (Å²) < 4.78 is 35.4. The maximum atomic E-state index is 11.8. The Balaban J connectivity index is 1.33. The van der Waals surface area contributed by atoms with Crippen LogP contribution in [0.5, 0.6) is 17.5 Å². The monoisotopic (exact) mass is 624 g/mol. The number of rotatable bonds is 10. The van der Waals surface area contributed by atoms with Gasteiger partial charge in [0.1, 0.15) is 5.75 Å². The fourth-order valence-corrected chi connectivity index (χ4v) is 6.02. The molecule has 0 radical (unpaired) electrons. The van der Waals surface area contributed by atoms with Crippen LogP contribution in [0.15, 0.2) is 71.9 Å². The molecule has 0 saturated carbocycles. The number of methoxy groups -OCH3 is 1. The molecule has 0 unspecified atom stereocenters. The van der Waals surface area contributed by atoms with E-state index in [4.69, 9.17) is 19.7 Å². The zero-order chi connectivity index (χ0) is 32.0. The molecule has 0 bridgehead atoms. The van der Waals surface area contributed by atoms with Gasteiger partial charge in [-0.05, 0) is 90.9 Å². The van der Waals surface area contributed by atoms with Crippen molar-refractivity contribution in [3.63, 3.8) is 0 Å². The third-order valence-corrected chi connectivity index (χ3v) is 8.85. The number of sulfone groups is 1. The Kier molecular flexibility index (Phi) is 9.76. The van der Waals surface area contributed by atoms with Crippen LogP contribution in [0, 0.1) is 25.2 Å². The molecule has 1 aliphatic heterocycles. The molecule has 45 heavy (non-hydrogen) atoms. The number of ether oxygens (including phenoxy) is 2. The van der Waals surface area contributed by atoms with Crippen molar-refractivity contribution in [1.29, 1.82) is 5.26 Å². The van der Waals surface area contributed by atoms with Gasteiger partial charge in [0, 0.05) is 56.5 Å². The van der Waals surface area contributed by atoms with Crippen molar-refractivity contribution in [3.8, 4) is 34.7 Å². The molecule has 5 rings (SSSR count). The normalized spacial score (nSPS) is 14.3. The number of pyridine rings is 1. The van der Waals surface area contributed by atoms with E-state index in [0.717, 1.165) is 60.3 Å². The summed E-state index contributed by atoms with van der Waals surface area (Å²) in [5.74, 6) is 2.05. The van der Waals surface area contributed by atoms with Gasteiger partial charge in [-0.15, -0.1) is 0 Å². The molecular formula is C34H36N6O4S. The van der Waals surface area contributed by atoms with Gasteiger partial charge in [0.25, 0.3) is 0 Å². The molecule has 10 nitrogen and oxygen atoms in total. The molecule has 232 valence electrons. The van der Waals surface area contributed by atoms with Gasteiger partial charge in [-0.2, -0.15) is 10.2 Å². The minimum Gasteiger partial charge on any atom is -0.481 e. The number of aryl methyl sites for hydroxylation is 2. The van der Waals surface area contributed by atoms with Crippen LogP contribution in [0.4, 0.5) is 5.95 Å². The fraction of sp³-hybridized carbons (Fsp3) is 0.294. The topological polar surface area (TPSA) is 130 Å². The zero-order valence-electron chi connectivity index (χ0n) is 25.8. The molecule has 1 fully saturated rings. The van der Waals surface area contributed by atoms with E-state index in [1.807, 2.05) is 56.3 Å². The number of benzene rings is 2. The number of likely N-dealkylation sites (tertiary alicyclic amines) is 1. The second kappa shape index (κ2) is 13.9. The van der Waals surface area contributed by atoms with Crippen LogP contribution < -0.4 is 14.8 Å². The first-order chi connectivity index (χ1) is 21.6. The summed E-state index contributed by atoms with van der Waals surface area (Å²) in [7, 11) is -1.63. The van der Waals surface area contributed by atoms with E-state index in [-0.39, 0.29) is 6.04 Å². The molecule has 1 saturated heterocycles. The fourth-order valence-electron chi connectivity index (χ4n) is 5.39. The van der Waals surface area contributed by atoms with Crippen LogP contribution in [0.2, 0.25) is 0 Å². The number of allylic oxidation sites excluding steroid dienone is 1. The van der Waals surface area contributed by atoms with Crippen LogP contribution in [0.1, 0.15) is 35.1 Å². The number of aromatic nitrogens is 3. The predicted octanol–water partition coefficient (Wildman–Crippen LogP) is 5.97. The third kappa shape index (κ3) is 8.03. The van der Waals surface area contributed by atoms with Crippen molar-refractivity contribution in [1.82, 2.24) is 19.9 Å². The molecule has 2 aromatic heterocycles. The van der Waals surface area contributed by atoms with E-state index in [1.165, 1.54) is 12.3 Å². The van der Waals surface area contributed by atoms with Crippen molar-refractivity contribution in [3.05, 3.63) is 89.3 Å². The molecule has 0 aliphatic carbocycles. The summed E-state index contributed by atoms with van der Waals surface area (Å²) in [6, 6.07) is 17.0. The minimum absolute atomic E-state index is 0.184. The molecule has 1 N–H and O–H groups in total. The van der Waals surface area contributed by atoms with Gasteiger partial charge in [0.2, 0.25) is 17.7 Å². The van der Waals surface area contributed by atoms with Gasteiger partial charge in [-0.25, -0.2) is 18.4 Å². The van der Waals surface area contributed by atoms with E-state index in [9.17, 15) is 8.42 Å². The maximum Gasteiger partial charge on any atom is 0.231 e. The van der Waals surface area contributed by atoms with Gasteiger partial charge in [-0.1, -0.05) is 12.1 Å². The molecular weight excluding hydrogens is 588 g/mol. The van der Waals surface area contributed by atoms with Gasteiger partial charge >= 0.3 is 0 Å². The summed E-state index contributed by atoms with van der Waals surface area (Å²) in [6.45, 7) is 6.47. The van der Waals surface area contributed by atoms with Crippen LogP contribution >= 0.6 is 0 Å². The maximum absolute atomic E-state index is 11.8. The third-order valence-electron chi connectivity index (χ3n) is 7.72. The molecule has 2 aromatic carbocycles. The smallest absolute Gasteiger partial charge is 0.231 e. The van der Waals surface area contributed by atoms with Crippen molar-refractivity contribution < 1.29 is 17.9 Å². The average molecular weight is 625 g/mol. The number of hydrogen-bond donors (Lipinski definition) is 1. The molecule has 1 aliphatic rings. The van der Waals surface area contributed by atoms with E-state index in [1.54, 1.807) is 37.7 Å². The molecule has 0 amide bonds. The Morgan fingerprint density at radius 3 is 2.42 bits per heavy atom. The van der Waals surface area contributed by atoms with E-state index < -0.39 is 9.84 Å². The highest BCUT2D eigenvalue weighted by atomic mass is 32.2. The zero-order valence-corrected chi connectivity index (χ0v) is 26.6. The molecule has 4 aromatic rings. The summed E-state index contributed by atoms with van der Waals surface area (Å²) in [4.78, 5) is 16.4. The van der Waals surface area contributed by atoms with Gasteiger partial charge in [0.15, 0.2) is 9.84 Å². The first-order valence-corrected chi connectivity index (χ1v) is 16.5. The number of nitrogens with zero attached hydrogens (tertiary/aromatic N) is 5. The number of piperidine rings is 1. The Hall–Kier alpha value is -4.79. The van der Waals surface area contributed by atoms with Gasteiger partial charge in [0.05, 0.1) is 23.6 Å². The largest absolute Gasteiger partial charge is 0.481 e. The quantitative estimate of drug-likeness (QED) is 0.211. The van der Waals surface area contributed by atoms with E-state index >= 15 is 0 Å². The lowest BCUT2D eigenvalue weighted by Gasteiger charge is -2.32. The van der Waals surface area contributed by atoms with Crippen LogP contribution in [-0.2, 0) is 16.4 Å². The summed E-state index contributed by atoms with van der Waals surface area (Å²) in [6.07, 6.45) is 9.67. The first-order valence-electron chi connectivity index (χ1n) is 14.6. The SMILES string of the molecule is COc1cc(-c2cnc(NC3CCN(Cc4ccc(S(C)(=O)=O)cc4)CC3)nc2Oc2c(C)cc(/C=C/C#N)cc2C)ccn1. The highest BCUT2D eigenvalue weighted by Gasteiger charge is 2.22. The van der Waals surface area contributed by atoms with Crippen molar-refractivity contribution >= 4 is 21.9 Å². The Morgan fingerprint density at radius 1 is 1.07 bits per heavy atom. The molecule has 0 atom stereocenters. The van der Waals surface area contributed by atoms with E-state index in [0.29, 0.717) is 33.9 Å². The van der Waals surface area contributed by atoms with Crippen molar-refractivity contribution in [2.45, 2.75) is 44.2 Å². The lowest BCUT2D eigenvalue weighted by atomic mass is 10.0. The van der Waals surface area contributed by atoms with Gasteiger partial charge in [-0.3, -0.25) is 4.90 Å². The number of anilines is 1. The highest BCUT2D eigenvalue weighted by Crippen LogP contribution is 2.36. The number of nitrogens with one attached hydrogen (secondary N) is 1. The summed E-state index contributed by atoms with van der Waals surface area (Å²) in [5, 5.41) is 12.4. The molecule has 0 spiro atoms. The van der Waals surface area contributed by atoms with Crippen LogP contribution in [-0.4, -0.2) is 60.8 Å². The Bertz CT molecular complexity index is 1820. The highest BCUT2D eigenvalue weighted by molar-refractivity contribution is 7.90. The molecule has 3 heterocycles. The summed E-state index contributed by atoms with van der Waals surface area (Å²) >= 11 is 0. The predicted molar refractivity (Wildman–Crippen MR) is 174 cm³/mol. The van der Waals surface area contributed by atoms with Crippen LogP contribution in [0.3, 0.4) is 0 Å². The Labute approximate surface area is 264 Å². The number of hydrogen-bond acceptors (Lipinski definition) is 10. The first kappa shape index (κ1) is 31.6. The van der Waals surface area contributed by atoms with Crippen molar-refractivity contribution in [2.24, 2.45) is 0 Å². The van der Waals surface area contributed by atoms with Crippen molar-refractivity contribution in [2.75, 3.05) is 31.8 Å². The Morgan fingerprint density at radius 2 is 1.78 bits per heavy atom. The van der Waals surface area contributed by atoms with Crippen LogP contribution in [0.25, 0.3) is 17.2 Å². The molecule has 11 heteroatoms. The van der Waals surface area contributed by atoms with E-state index in [2.05, 4.69) is 20.2 Å². The average Bonchev–Trinajstić information content (AvgIpc) is 3.02. The summed E-state index contributed by atoms with van der Waals surface area (Å²) in [5.41, 5.74) is 5.34. The lowest BCUT2D eigenvalue weighted by molar-refractivity contribution is 0.211. The number of nitriles is 1. The minimum atomic E-state index is -3.21.